The molecule has 1 aromatic heterocycles. The number of ether oxygens (including phenoxy) is 2. The number of nitrogens with zero attached hydrogens (tertiary/aromatic N) is 2. The van der Waals surface area contributed by atoms with Crippen LogP contribution in [0.3, 0.4) is 0 Å². The van der Waals surface area contributed by atoms with Gasteiger partial charge in [-0.05, 0) is 24.8 Å². The Kier molecular flexibility index (Phi) is 7.34. The van der Waals surface area contributed by atoms with Crippen LogP contribution in [0.25, 0.3) is 0 Å². The Balaban J connectivity index is 1.90. The van der Waals surface area contributed by atoms with Gasteiger partial charge in [-0.3, -0.25) is 9.59 Å². The van der Waals surface area contributed by atoms with Crippen LogP contribution < -0.4 is 19.5 Å². The Bertz CT molecular complexity index is 1190. The highest BCUT2D eigenvalue weighted by molar-refractivity contribution is 7.87. The molecule has 178 valence electrons. The van der Waals surface area contributed by atoms with Gasteiger partial charge in [0.1, 0.15) is 11.6 Å². The monoisotopic (exact) mass is 504 g/mol. The predicted octanol–water partition coefficient (Wildman–Crippen LogP) is 2.70. The molecule has 1 amide bonds. The molecule has 1 fully saturated rings. The molecule has 1 aromatic carbocycles. The molecular formula is C19H19ClF2N4O6S. The number of aromatic nitrogens is 1. The number of anilines is 1. The first-order valence-electron chi connectivity index (χ1n) is 9.47. The second-order valence-corrected chi connectivity index (χ2v) is 9.53. The van der Waals surface area contributed by atoms with Gasteiger partial charge in [-0.15, -0.1) is 0 Å². The van der Waals surface area contributed by atoms with Crippen LogP contribution >= 0.6 is 11.6 Å². The summed E-state index contributed by atoms with van der Waals surface area (Å²) in [6.07, 6.45) is 3.42. The summed E-state index contributed by atoms with van der Waals surface area (Å²) in [6, 6.07) is 1.69. The van der Waals surface area contributed by atoms with Crippen molar-refractivity contribution in [2.24, 2.45) is 5.92 Å². The van der Waals surface area contributed by atoms with Crippen molar-refractivity contribution in [2.75, 3.05) is 26.0 Å². The summed E-state index contributed by atoms with van der Waals surface area (Å²) in [6.45, 7) is 0.482. The molecule has 10 nitrogen and oxygen atoms in total. The first kappa shape index (κ1) is 24.6. The number of benzene rings is 1. The molecule has 1 aliphatic rings. The van der Waals surface area contributed by atoms with Gasteiger partial charge in [-0.2, -0.15) is 12.7 Å². The van der Waals surface area contributed by atoms with Crippen LogP contribution in [0, 0.1) is 17.6 Å². The summed E-state index contributed by atoms with van der Waals surface area (Å²) >= 11 is 6.15. The van der Waals surface area contributed by atoms with E-state index in [0.29, 0.717) is 28.7 Å². The van der Waals surface area contributed by atoms with Gasteiger partial charge in [0.2, 0.25) is 11.5 Å². The zero-order valence-electron chi connectivity index (χ0n) is 17.4. The van der Waals surface area contributed by atoms with E-state index in [2.05, 4.69) is 15.0 Å². The third-order valence-corrected chi connectivity index (χ3v) is 6.23. The SMILES string of the molecule is CN(C)S(=O)(=O)NC(=O)c1cc(F)c(Oc2cnc(NCC3CC3)c(Cl)c2)c(OC=O)c1F. The van der Waals surface area contributed by atoms with Crippen molar-refractivity contribution in [3.63, 3.8) is 0 Å². The molecule has 2 N–H and O–H groups in total. The maximum absolute atomic E-state index is 14.9. The highest BCUT2D eigenvalue weighted by atomic mass is 35.5. The van der Waals surface area contributed by atoms with Crippen molar-refractivity contribution in [3.05, 3.63) is 40.6 Å². The first-order valence-corrected chi connectivity index (χ1v) is 11.3. The van der Waals surface area contributed by atoms with E-state index < -0.39 is 44.8 Å². The molecule has 0 bridgehead atoms. The molecule has 3 rings (SSSR count). The Morgan fingerprint density at radius 1 is 1.30 bits per heavy atom. The summed E-state index contributed by atoms with van der Waals surface area (Å²) in [5, 5.41) is 3.21. The molecule has 0 radical (unpaired) electrons. The van der Waals surface area contributed by atoms with Crippen LogP contribution in [0.2, 0.25) is 5.02 Å². The minimum atomic E-state index is -4.30. The molecule has 2 aromatic rings. The maximum atomic E-state index is 14.9. The van der Waals surface area contributed by atoms with E-state index >= 15 is 0 Å². The fourth-order valence-electron chi connectivity index (χ4n) is 2.55. The molecule has 1 saturated carbocycles. The first-order chi connectivity index (χ1) is 15.5. The number of amides is 1. The van der Waals surface area contributed by atoms with E-state index in [1.165, 1.54) is 12.3 Å². The zero-order valence-corrected chi connectivity index (χ0v) is 19.0. The van der Waals surface area contributed by atoms with E-state index in [1.54, 1.807) is 4.72 Å². The van der Waals surface area contributed by atoms with Gasteiger partial charge in [0.25, 0.3) is 12.4 Å². The molecule has 0 unspecified atom stereocenters. The van der Waals surface area contributed by atoms with E-state index in [-0.39, 0.29) is 17.2 Å². The Hall–Kier alpha value is -3.03. The van der Waals surface area contributed by atoms with Gasteiger partial charge in [0.15, 0.2) is 11.6 Å². The fraction of sp³-hybridized carbons (Fsp3) is 0.316. The molecule has 0 saturated heterocycles. The number of carbonyl (C=O) groups excluding carboxylic acids is 2. The third-order valence-electron chi connectivity index (χ3n) is 4.53. The second kappa shape index (κ2) is 9.85. The summed E-state index contributed by atoms with van der Waals surface area (Å²) in [4.78, 5) is 27.2. The normalized spacial score (nSPS) is 13.5. The summed E-state index contributed by atoms with van der Waals surface area (Å²) in [7, 11) is -2.06. The van der Waals surface area contributed by atoms with Gasteiger partial charge < -0.3 is 14.8 Å². The van der Waals surface area contributed by atoms with Crippen molar-refractivity contribution in [3.8, 4) is 17.2 Å². The molecular weight excluding hydrogens is 486 g/mol. The van der Waals surface area contributed by atoms with E-state index in [1.807, 2.05) is 0 Å². The van der Waals surface area contributed by atoms with Crippen molar-refractivity contribution in [1.82, 2.24) is 14.0 Å². The molecule has 0 aliphatic heterocycles. The summed E-state index contributed by atoms with van der Waals surface area (Å²) < 4.78 is 65.3. The van der Waals surface area contributed by atoms with Gasteiger partial charge >= 0.3 is 10.2 Å². The van der Waals surface area contributed by atoms with Crippen LogP contribution in [-0.4, -0.2) is 50.7 Å². The quantitative estimate of drug-likeness (QED) is 0.473. The zero-order chi connectivity index (χ0) is 24.3. The smallest absolute Gasteiger partial charge is 0.303 e. The van der Waals surface area contributed by atoms with Gasteiger partial charge in [-0.1, -0.05) is 11.6 Å². The van der Waals surface area contributed by atoms with E-state index in [0.717, 1.165) is 26.9 Å². The molecule has 0 spiro atoms. The van der Waals surface area contributed by atoms with E-state index in [9.17, 15) is 26.8 Å². The van der Waals surface area contributed by atoms with Crippen molar-refractivity contribution in [1.29, 1.82) is 0 Å². The number of hydrogen-bond acceptors (Lipinski definition) is 8. The minimum absolute atomic E-state index is 0.113. The lowest BCUT2D eigenvalue weighted by Crippen LogP contribution is -2.39. The molecule has 33 heavy (non-hydrogen) atoms. The van der Waals surface area contributed by atoms with Crippen molar-refractivity contribution in [2.45, 2.75) is 12.8 Å². The molecule has 0 atom stereocenters. The van der Waals surface area contributed by atoms with Gasteiger partial charge in [0, 0.05) is 26.7 Å². The minimum Gasteiger partial charge on any atom is -0.449 e. The molecule has 1 aliphatic carbocycles. The number of hydrogen-bond donors (Lipinski definition) is 2. The highest BCUT2D eigenvalue weighted by Crippen LogP contribution is 2.39. The molecule has 1 heterocycles. The molecule has 14 heteroatoms. The Morgan fingerprint density at radius 2 is 2.00 bits per heavy atom. The number of nitrogens with one attached hydrogen (secondary N) is 2. The summed E-state index contributed by atoms with van der Waals surface area (Å²) in [5.74, 6) is -5.44. The Labute approximate surface area is 193 Å². The number of carbonyl (C=O) groups is 2. The second-order valence-electron chi connectivity index (χ2n) is 7.24. The topological polar surface area (TPSA) is 127 Å². The standard InChI is InChI=1S/C19H19ClF2N4O6S/c1-26(2)33(29,30)25-19(28)12-6-14(21)16(17(15(12)22)31-9-27)32-11-5-13(20)18(24-8-11)23-7-10-3-4-10/h5-6,8-10H,3-4,7H2,1-2H3,(H,23,24)(H,25,28). The number of rotatable bonds is 10. The number of halogens is 3. The number of pyridine rings is 1. The lowest BCUT2D eigenvalue weighted by atomic mass is 10.1. The van der Waals surface area contributed by atoms with Gasteiger partial charge in [-0.25, -0.2) is 18.5 Å². The van der Waals surface area contributed by atoms with Crippen LogP contribution in [-0.2, 0) is 15.0 Å². The average Bonchev–Trinajstić information content (AvgIpc) is 3.56. The maximum Gasteiger partial charge on any atom is 0.303 e. The third kappa shape index (κ3) is 5.86. The average molecular weight is 505 g/mol. The van der Waals surface area contributed by atoms with E-state index in [4.69, 9.17) is 16.3 Å². The largest absolute Gasteiger partial charge is 0.449 e. The lowest BCUT2D eigenvalue weighted by Gasteiger charge is -2.16. The fourth-order valence-corrected chi connectivity index (χ4v) is 3.30. The van der Waals surface area contributed by atoms with Crippen molar-refractivity contribution < 1.29 is 36.3 Å². The van der Waals surface area contributed by atoms with Crippen LogP contribution in [0.5, 0.6) is 17.2 Å². The summed E-state index contributed by atoms with van der Waals surface area (Å²) in [5.41, 5.74) is -1.03. The highest BCUT2D eigenvalue weighted by Gasteiger charge is 2.29. The van der Waals surface area contributed by atoms with Crippen LogP contribution in [0.15, 0.2) is 18.3 Å². The van der Waals surface area contributed by atoms with Crippen LogP contribution in [0.1, 0.15) is 23.2 Å². The lowest BCUT2D eigenvalue weighted by molar-refractivity contribution is -0.121. The van der Waals surface area contributed by atoms with Crippen LogP contribution in [0.4, 0.5) is 14.6 Å². The predicted molar refractivity (Wildman–Crippen MR) is 114 cm³/mol. The van der Waals surface area contributed by atoms with Gasteiger partial charge in [0.05, 0.1) is 16.8 Å². The van der Waals surface area contributed by atoms with Crippen molar-refractivity contribution >= 4 is 40.0 Å². The Morgan fingerprint density at radius 3 is 2.58 bits per heavy atom.